The van der Waals surface area contributed by atoms with Crippen molar-refractivity contribution < 1.29 is 18.7 Å². The molecule has 1 aliphatic rings. The van der Waals surface area contributed by atoms with Crippen LogP contribution in [0.2, 0.25) is 0 Å². The van der Waals surface area contributed by atoms with E-state index in [0.29, 0.717) is 30.0 Å². The fourth-order valence-electron chi connectivity index (χ4n) is 3.42. The first-order valence-corrected chi connectivity index (χ1v) is 9.73. The van der Waals surface area contributed by atoms with Gasteiger partial charge in [-0.3, -0.25) is 0 Å². The molecule has 2 aromatic carbocycles. The zero-order valence-corrected chi connectivity index (χ0v) is 16.7. The summed E-state index contributed by atoms with van der Waals surface area (Å²) in [5.41, 5.74) is 2.71. The van der Waals surface area contributed by atoms with Crippen molar-refractivity contribution in [3.8, 4) is 5.75 Å². The number of aryl methyl sites for hydroxylation is 1. The van der Waals surface area contributed by atoms with Crippen LogP contribution in [-0.4, -0.2) is 18.8 Å². The molecular weight excluding hydrogens is 370 g/mol. The summed E-state index contributed by atoms with van der Waals surface area (Å²) in [5, 5.41) is 0.658. The Labute approximate surface area is 168 Å². The molecule has 1 aromatic heterocycles. The molecule has 0 fully saturated rings. The molecule has 0 unspecified atom stereocenters. The lowest BCUT2D eigenvalue weighted by Crippen LogP contribution is -2.32. The zero-order chi connectivity index (χ0) is 20.5. The van der Waals surface area contributed by atoms with Crippen LogP contribution in [0, 0.1) is 0 Å². The standard InChI is InChI=1S/C23H23NO5/c1-4-15-5-8-17(9-6-15)24-12-19-20(27-13-24)10-7-16-11-18(22(25)28-14(2)3)23(26)29-21(16)19/h5-11,14H,4,12-13H2,1-3H3. The Bertz CT molecular complexity index is 1110. The maximum Gasteiger partial charge on any atom is 0.351 e. The highest BCUT2D eigenvalue weighted by molar-refractivity contribution is 5.94. The van der Waals surface area contributed by atoms with Gasteiger partial charge >= 0.3 is 11.6 Å². The minimum atomic E-state index is -0.707. The van der Waals surface area contributed by atoms with E-state index in [2.05, 4.69) is 36.1 Å². The first-order chi connectivity index (χ1) is 14.0. The molecule has 6 nitrogen and oxygen atoms in total. The molecule has 4 rings (SSSR count). The summed E-state index contributed by atoms with van der Waals surface area (Å²) in [6.45, 7) is 6.53. The molecule has 0 amide bonds. The molecule has 29 heavy (non-hydrogen) atoms. The molecule has 2 heterocycles. The van der Waals surface area contributed by atoms with E-state index in [4.69, 9.17) is 13.9 Å². The van der Waals surface area contributed by atoms with E-state index in [-0.39, 0.29) is 11.7 Å². The number of ether oxygens (including phenoxy) is 2. The van der Waals surface area contributed by atoms with Gasteiger partial charge in [0, 0.05) is 11.1 Å². The Morgan fingerprint density at radius 2 is 1.93 bits per heavy atom. The highest BCUT2D eigenvalue weighted by atomic mass is 16.5. The maximum atomic E-state index is 12.4. The summed E-state index contributed by atoms with van der Waals surface area (Å²) in [4.78, 5) is 26.7. The van der Waals surface area contributed by atoms with Crippen molar-refractivity contribution in [1.82, 2.24) is 0 Å². The summed E-state index contributed by atoms with van der Waals surface area (Å²) in [6, 6.07) is 13.5. The number of carbonyl (C=O) groups is 1. The molecule has 0 bridgehead atoms. The molecule has 0 spiro atoms. The third kappa shape index (κ3) is 3.70. The minimum Gasteiger partial charge on any atom is -0.473 e. The quantitative estimate of drug-likeness (QED) is 0.487. The Balaban J connectivity index is 1.71. The Hall–Kier alpha value is -3.28. The lowest BCUT2D eigenvalue weighted by Gasteiger charge is -2.31. The lowest BCUT2D eigenvalue weighted by atomic mass is 10.1. The predicted octanol–water partition coefficient (Wildman–Crippen LogP) is 4.28. The van der Waals surface area contributed by atoms with Crippen molar-refractivity contribution in [2.75, 3.05) is 11.6 Å². The van der Waals surface area contributed by atoms with E-state index < -0.39 is 11.6 Å². The van der Waals surface area contributed by atoms with Crippen LogP contribution < -0.4 is 15.3 Å². The molecule has 0 N–H and O–H groups in total. The van der Waals surface area contributed by atoms with Crippen LogP contribution in [0.15, 0.2) is 51.7 Å². The Morgan fingerprint density at radius 3 is 2.62 bits per heavy atom. The lowest BCUT2D eigenvalue weighted by molar-refractivity contribution is 0.0373. The number of carbonyl (C=O) groups excluding carboxylic acids is 1. The third-order valence-electron chi connectivity index (χ3n) is 4.96. The van der Waals surface area contributed by atoms with E-state index in [1.54, 1.807) is 19.9 Å². The minimum absolute atomic E-state index is 0.102. The average molecular weight is 393 g/mol. The van der Waals surface area contributed by atoms with E-state index in [1.807, 2.05) is 6.07 Å². The molecule has 0 saturated heterocycles. The number of hydrogen-bond acceptors (Lipinski definition) is 6. The molecule has 1 aliphatic heterocycles. The first kappa shape index (κ1) is 19.1. The van der Waals surface area contributed by atoms with E-state index in [0.717, 1.165) is 17.7 Å². The van der Waals surface area contributed by atoms with Gasteiger partial charge in [0.2, 0.25) is 0 Å². The molecule has 0 aliphatic carbocycles. The first-order valence-electron chi connectivity index (χ1n) is 9.73. The molecule has 0 atom stereocenters. The van der Waals surface area contributed by atoms with Gasteiger partial charge in [-0.25, -0.2) is 9.59 Å². The fraction of sp³-hybridized carbons (Fsp3) is 0.304. The van der Waals surface area contributed by atoms with Gasteiger partial charge < -0.3 is 18.8 Å². The number of benzene rings is 2. The number of rotatable bonds is 4. The monoisotopic (exact) mass is 393 g/mol. The van der Waals surface area contributed by atoms with Crippen molar-refractivity contribution in [3.63, 3.8) is 0 Å². The number of nitrogens with zero attached hydrogens (tertiary/aromatic N) is 1. The van der Waals surface area contributed by atoms with Gasteiger partial charge in [0.25, 0.3) is 0 Å². The van der Waals surface area contributed by atoms with Gasteiger partial charge in [-0.05, 0) is 56.2 Å². The molecule has 6 heteroatoms. The summed E-state index contributed by atoms with van der Waals surface area (Å²) in [5.74, 6) is 0.00171. The van der Waals surface area contributed by atoms with Crippen LogP contribution in [0.4, 0.5) is 5.69 Å². The van der Waals surface area contributed by atoms with Crippen LogP contribution in [0.25, 0.3) is 11.0 Å². The van der Waals surface area contributed by atoms with Crippen molar-refractivity contribution >= 4 is 22.6 Å². The molecular formula is C23H23NO5. The maximum absolute atomic E-state index is 12.4. The molecule has 3 aromatic rings. The Morgan fingerprint density at radius 1 is 1.17 bits per heavy atom. The van der Waals surface area contributed by atoms with Crippen LogP contribution in [0.1, 0.15) is 42.3 Å². The number of esters is 1. The molecule has 0 saturated carbocycles. The summed E-state index contributed by atoms with van der Waals surface area (Å²) in [7, 11) is 0. The highest BCUT2D eigenvalue weighted by Crippen LogP contribution is 2.34. The normalized spacial score (nSPS) is 13.3. The predicted molar refractivity (Wildman–Crippen MR) is 111 cm³/mol. The van der Waals surface area contributed by atoms with E-state index >= 15 is 0 Å². The Kier molecular flexibility index (Phi) is 5.01. The van der Waals surface area contributed by atoms with E-state index in [1.165, 1.54) is 11.6 Å². The smallest absolute Gasteiger partial charge is 0.351 e. The van der Waals surface area contributed by atoms with Crippen molar-refractivity contribution in [2.45, 2.75) is 39.8 Å². The van der Waals surface area contributed by atoms with Gasteiger partial charge in [0.05, 0.1) is 18.2 Å². The summed E-state index contributed by atoms with van der Waals surface area (Å²) >= 11 is 0. The third-order valence-corrected chi connectivity index (χ3v) is 4.96. The van der Waals surface area contributed by atoms with E-state index in [9.17, 15) is 9.59 Å². The van der Waals surface area contributed by atoms with Crippen LogP contribution in [0.5, 0.6) is 5.75 Å². The van der Waals surface area contributed by atoms with Gasteiger partial charge in [0.15, 0.2) is 6.73 Å². The van der Waals surface area contributed by atoms with Crippen LogP contribution in [-0.2, 0) is 17.7 Å². The summed E-state index contributed by atoms with van der Waals surface area (Å²) in [6.07, 6.45) is 0.666. The van der Waals surface area contributed by atoms with Crippen molar-refractivity contribution in [3.05, 3.63) is 69.6 Å². The van der Waals surface area contributed by atoms with Crippen molar-refractivity contribution in [2.24, 2.45) is 0 Å². The molecule has 0 radical (unpaired) electrons. The average Bonchev–Trinajstić information content (AvgIpc) is 2.72. The number of hydrogen-bond donors (Lipinski definition) is 0. The second-order valence-corrected chi connectivity index (χ2v) is 7.35. The van der Waals surface area contributed by atoms with Crippen LogP contribution in [0.3, 0.4) is 0 Å². The van der Waals surface area contributed by atoms with Gasteiger partial charge in [0.1, 0.15) is 16.9 Å². The topological polar surface area (TPSA) is 69.0 Å². The van der Waals surface area contributed by atoms with Gasteiger partial charge in [-0.15, -0.1) is 0 Å². The summed E-state index contributed by atoms with van der Waals surface area (Å²) < 4.78 is 16.6. The van der Waals surface area contributed by atoms with Crippen LogP contribution >= 0.6 is 0 Å². The SMILES string of the molecule is CCc1ccc(N2COc3ccc4cc(C(=O)OC(C)C)c(=O)oc4c3C2)cc1. The number of anilines is 1. The number of fused-ring (bicyclic) bond motifs is 3. The molecule has 150 valence electrons. The highest BCUT2D eigenvalue weighted by Gasteiger charge is 2.24. The second-order valence-electron chi connectivity index (χ2n) is 7.35. The van der Waals surface area contributed by atoms with Gasteiger partial charge in [-0.2, -0.15) is 0 Å². The second kappa shape index (κ2) is 7.62. The van der Waals surface area contributed by atoms with Crippen molar-refractivity contribution in [1.29, 1.82) is 0 Å². The van der Waals surface area contributed by atoms with Gasteiger partial charge in [-0.1, -0.05) is 19.1 Å². The largest absolute Gasteiger partial charge is 0.473 e. The fourth-order valence-corrected chi connectivity index (χ4v) is 3.42. The zero-order valence-electron chi connectivity index (χ0n) is 16.7.